The zero-order chi connectivity index (χ0) is 22.9. The van der Waals surface area contributed by atoms with E-state index in [-0.39, 0.29) is 19.0 Å². The van der Waals surface area contributed by atoms with Gasteiger partial charge in [0.25, 0.3) is 0 Å². The molecular weight excluding hydrogens is 543 g/mol. The van der Waals surface area contributed by atoms with Gasteiger partial charge in [-0.3, -0.25) is 0 Å². The predicted octanol–water partition coefficient (Wildman–Crippen LogP) is 8.23. The number of carbonyl (C=O) groups excluding carboxylic acids is 1. The molecule has 3 rings (SSSR count). The first-order valence-electron chi connectivity index (χ1n) is 11.2. The van der Waals surface area contributed by atoms with Crippen LogP contribution in [0.5, 0.6) is 5.75 Å². The van der Waals surface area contributed by atoms with Crippen LogP contribution in [0.25, 0.3) is 11.1 Å². The van der Waals surface area contributed by atoms with E-state index in [1.165, 1.54) is 32.1 Å². The number of ether oxygens (including phenoxy) is 3. The lowest BCUT2D eigenvalue weighted by atomic mass is 10.00. The summed E-state index contributed by atoms with van der Waals surface area (Å²) in [7, 11) is 0. The van der Waals surface area contributed by atoms with Gasteiger partial charge in [-0.25, -0.2) is 9.18 Å². The zero-order valence-electron chi connectivity index (χ0n) is 18.3. The Morgan fingerprint density at radius 2 is 1.69 bits per heavy atom. The van der Waals surface area contributed by atoms with E-state index in [9.17, 15) is 9.18 Å². The van der Waals surface area contributed by atoms with E-state index < -0.39 is 12.3 Å². The summed E-state index contributed by atoms with van der Waals surface area (Å²) in [6, 6.07) is 9.23. The predicted molar refractivity (Wildman–Crippen MR) is 131 cm³/mol. The third-order valence-corrected chi connectivity index (χ3v) is 6.68. The fourth-order valence-corrected chi connectivity index (χ4v) is 5.11. The monoisotopic (exact) mass is 570 g/mol. The molecule has 2 aromatic carbocycles. The minimum atomic E-state index is -0.676. The van der Waals surface area contributed by atoms with Crippen molar-refractivity contribution in [3.05, 3.63) is 50.7 Å². The van der Waals surface area contributed by atoms with Crippen LogP contribution in [-0.2, 0) is 15.9 Å². The molecule has 1 aliphatic heterocycles. The minimum absolute atomic E-state index is 0.163. The van der Waals surface area contributed by atoms with Gasteiger partial charge in [-0.2, -0.15) is 0 Å². The van der Waals surface area contributed by atoms with Crippen molar-refractivity contribution in [2.45, 2.75) is 64.4 Å². The topological polar surface area (TPSA) is 44.8 Å². The molecule has 1 atom stereocenters. The molecular formula is C25H29Br2FO4. The van der Waals surface area contributed by atoms with Crippen molar-refractivity contribution in [3.63, 3.8) is 0 Å². The van der Waals surface area contributed by atoms with Crippen molar-refractivity contribution in [2.24, 2.45) is 0 Å². The van der Waals surface area contributed by atoms with Gasteiger partial charge in [0.05, 0.1) is 8.95 Å². The highest BCUT2D eigenvalue weighted by Gasteiger charge is 2.26. The number of hydrogen-bond donors (Lipinski definition) is 0. The molecule has 0 bridgehead atoms. The lowest BCUT2D eigenvalue weighted by molar-refractivity contribution is 0.0979. The number of hydrogen-bond acceptors (Lipinski definition) is 4. The van der Waals surface area contributed by atoms with Gasteiger partial charge in [0.15, 0.2) is 6.10 Å². The molecule has 0 saturated carbocycles. The third-order valence-electron chi connectivity index (χ3n) is 5.50. The van der Waals surface area contributed by atoms with Gasteiger partial charge in [-0.05, 0) is 79.6 Å². The van der Waals surface area contributed by atoms with Crippen LogP contribution >= 0.6 is 31.9 Å². The number of carbonyl (C=O) groups is 1. The van der Waals surface area contributed by atoms with Gasteiger partial charge in [-0.1, -0.05) is 57.6 Å². The average molecular weight is 572 g/mol. The maximum atomic E-state index is 14.7. The standard InChI is InChI=1S/C25H29Br2FO4/c1-2-3-4-5-6-7-8-9-17-10-11-18(14-23(17)28)19-12-21(26)24(22(27)13-19)30-15-20-16-31-25(29)32-20/h10-14,20H,2-9,15-16H2,1H3. The van der Waals surface area contributed by atoms with Crippen LogP contribution in [0, 0.1) is 5.82 Å². The SMILES string of the molecule is CCCCCCCCCc1ccc(-c2cc(Br)c(OCC3COC(=O)O3)c(Br)c2)cc1F. The number of halogens is 3. The molecule has 1 unspecified atom stereocenters. The van der Waals surface area contributed by atoms with E-state index >= 15 is 0 Å². The molecule has 32 heavy (non-hydrogen) atoms. The molecule has 0 aliphatic carbocycles. The molecule has 1 fully saturated rings. The Bertz CT molecular complexity index is 896. The molecule has 4 nitrogen and oxygen atoms in total. The van der Waals surface area contributed by atoms with Gasteiger partial charge in [0.1, 0.15) is 24.8 Å². The molecule has 0 N–H and O–H groups in total. The summed E-state index contributed by atoms with van der Waals surface area (Å²) in [5.41, 5.74) is 2.44. The van der Waals surface area contributed by atoms with E-state index in [2.05, 4.69) is 38.8 Å². The summed E-state index contributed by atoms with van der Waals surface area (Å²) >= 11 is 7.05. The maximum Gasteiger partial charge on any atom is 0.508 e. The van der Waals surface area contributed by atoms with E-state index in [1.54, 1.807) is 6.07 Å². The van der Waals surface area contributed by atoms with Crippen LogP contribution in [0.15, 0.2) is 39.3 Å². The van der Waals surface area contributed by atoms with Crippen molar-refractivity contribution < 1.29 is 23.4 Å². The van der Waals surface area contributed by atoms with Crippen LogP contribution < -0.4 is 4.74 Å². The lowest BCUT2D eigenvalue weighted by Crippen LogP contribution is -2.20. The lowest BCUT2D eigenvalue weighted by Gasteiger charge is -2.14. The van der Waals surface area contributed by atoms with Crippen molar-refractivity contribution in [2.75, 3.05) is 13.2 Å². The number of aryl methyl sites for hydroxylation is 1. The quantitative estimate of drug-likeness (QED) is 0.190. The summed E-state index contributed by atoms with van der Waals surface area (Å²) in [4.78, 5) is 11.0. The Morgan fingerprint density at radius 1 is 1.00 bits per heavy atom. The van der Waals surface area contributed by atoms with Gasteiger partial charge in [0.2, 0.25) is 0 Å². The second-order valence-electron chi connectivity index (χ2n) is 8.06. The summed E-state index contributed by atoms with van der Waals surface area (Å²) in [6.45, 7) is 2.58. The number of unbranched alkanes of at least 4 members (excludes halogenated alkanes) is 6. The maximum absolute atomic E-state index is 14.7. The van der Waals surface area contributed by atoms with Crippen molar-refractivity contribution >= 4 is 38.0 Å². The van der Waals surface area contributed by atoms with E-state index in [0.29, 0.717) is 5.75 Å². The molecule has 174 valence electrons. The first kappa shape index (κ1) is 25.0. The highest BCUT2D eigenvalue weighted by atomic mass is 79.9. The smallest absolute Gasteiger partial charge is 0.487 e. The summed E-state index contributed by atoms with van der Waals surface area (Å²) in [6.07, 6.45) is 8.21. The first-order valence-corrected chi connectivity index (χ1v) is 12.8. The van der Waals surface area contributed by atoms with Crippen molar-refractivity contribution in [3.8, 4) is 16.9 Å². The van der Waals surface area contributed by atoms with Crippen molar-refractivity contribution in [1.82, 2.24) is 0 Å². The molecule has 0 amide bonds. The van der Waals surface area contributed by atoms with E-state index in [4.69, 9.17) is 14.2 Å². The molecule has 0 aromatic heterocycles. The zero-order valence-corrected chi connectivity index (χ0v) is 21.5. The molecule has 1 saturated heterocycles. The van der Waals surface area contributed by atoms with Crippen LogP contribution in [-0.4, -0.2) is 25.5 Å². The Labute approximate surface area is 206 Å². The van der Waals surface area contributed by atoms with Crippen LogP contribution in [0.2, 0.25) is 0 Å². The Kier molecular flexibility index (Phi) is 9.85. The number of rotatable bonds is 12. The molecule has 1 heterocycles. The van der Waals surface area contributed by atoms with Gasteiger partial charge < -0.3 is 14.2 Å². The highest BCUT2D eigenvalue weighted by Crippen LogP contribution is 2.38. The Hall–Kier alpha value is -1.60. The number of benzene rings is 2. The Morgan fingerprint density at radius 3 is 2.31 bits per heavy atom. The molecule has 0 radical (unpaired) electrons. The summed E-state index contributed by atoms with van der Waals surface area (Å²) in [5.74, 6) is 0.428. The van der Waals surface area contributed by atoms with Crippen LogP contribution in [0.3, 0.4) is 0 Å². The number of cyclic esters (lactones) is 2. The fraction of sp³-hybridized carbons (Fsp3) is 0.480. The minimum Gasteiger partial charge on any atom is -0.487 e. The first-order chi connectivity index (χ1) is 15.5. The molecule has 1 aliphatic rings. The summed E-state index contributed by atoms with van der Waals surface area (Å²) in [5, 5.41) is 0. The average Bonchev–Trinajstić information content (AvgIpc) is 3.18. The third kappa shape index (κ3) is 7.20. The van der Waals surface area contributed by atoms with E-state index in [0.717, 1.165) is 44.9 Å². The molecule has 0 spiro atoms. The Balaban J connectivity index is 1.57. The van der Waals surface area contributed by atoms with E-state index in [1.807, 2.05) is 24.3 Å². The van der Waals surface area contributed by atoms with Gasteiger partial charge in [-0.15, -0.1) is 0 Å². The highest BCUT2D eigenvalue weighted by molar-refractivity contribution is 9.11. The second-order valence-corrected chi connectivity index (χ2v) is 9.77. The molecule has 2 aromatic rings. The summed E-state index contributed by atoms with van der Waals surface area (Å²) < 4.78 is 31.7. The second kappa shape index (κ2) is 12.6. The van der Waals surface area contributed by atoms with Gasteiger partial charge in [0, 0.05) is 0 Å². The van der Waals surface area contributed by atoms with Crippen LogP contribution in [0.4, 0.5) is 9.18 Å². The largest absolute Gasteiger partial charge is 0.508 e. The molecule has 7 heteroatoms. The van der Waals surface area contributed by atoms with Crippen LogP contribution in [0.1, 0.15) is 57.4 Å². The fourth-order valence-electron chi connectivity index (χ4n) is 3.69. The van der Waals surface area contributed by atoms with Gasteiger partial charge >= 0.3 is 6.16 Å². The normalized spacial score (nSPS) is 15.5. The van der Waals surface area contributed by atoms with Crippen molar-refractivity contribution in [1.29, 1.82) is 0 Å².